The standard InChI is InChI=1S/C22H16ClNO5/c23-17-10-9-12(19(25)13-5-1-4-8-16(13)22(28)29)11-18(17)24-20(26)14-6-2-3-7-15(14)21(24)27/h1-5,8-11,14-15H,6-7H2,(H,28,29)/t14-,15-/m1/s1. The van der Waals surface area contributed by atoms with Crippen LogP contribution in [0.1, 0.15) is 39.1 Å². The van der Waals surface area contributed by atoms with Crippen molar-refractivity contribution in [1.29, 1.82) is 0 Å². The molecule has 1 aliphatic carbocycles. The summed E-state index contributed by atoms with van der Waals surface area (Å²) in [4.78, 5) is 51.2. The number of ketones is 1. The SMILES string of the molecule is O=C(O)c1ccccc1C(=O)c1ccc(Cl)c(N2C(=O)[C@@H]3CC=CC[C@H]3C2=O)c1. The smallest absolute Gasteiger partial charge is 0.336 e. The van der Waals surface area contributed by atoms with Gasteiger partial charge < -0.3 is 5.11 Å². The molecule has 29 heavy (non-hydrogen) atoms. The molecule has 1 saturated heterocycles. The number of imide groups is 1. The van der Waals surface area contributed by atoms with E-state index in [-0.39, 0.29) is 39.2 Å². The Labute approximate surface area is 171 Å². The first-order chi connectivity index (χ1) is 13.9. The van der Waals surface area contributed by atoms with Crippen molar-refractivity contribution < 1.29 is 24.3 Å². The van der Waals surface area contributed by atoms with Crippen molar-refractivity contribution >= 4 is 40.9 Å². The summed E-state index contributed by atoms with van der Waals surface area (Å²) in [7, 11) is 0. The highest BCUT2D eigenvalue weighted by atomic mass is 35.5. The summed E-state index contributed by atoms with van der Waals surface area (Å²) < 4.78 is 0. The number of nitrogens with zero attached hydrogens (tertiary/aromatic N) is 1. The molecule has 0 radical (unpaired) electrons. The number of benzene rings is 2. The number of carboxylic acid groups (broad SMARTS) is 1. The Morgan fingerprint density at radius 1 is 0.931 bits per heavy atom. The van der Waals surface area contributed by atoms with Gasteiger partial charge in [0.05, 0.1) is 28.1 Å². The van der Waals surface area contributed by atoms with E-state index in [1.54, 1.807) is 6.07 Å². The van der Waals surface area contributed by atoms with Crippen LogP contribution in [0.15, 0.2) is 54.6 Å². The average molecular weight is 410 g/mol. The third kappa shape index (κ3) is 3.15. The van der Waals surface area contributed by atoms with Gasteiger partial charge in [-0.2, -0.15) is 0 Å². The largest absolute Gasteiger partial charge is 0.478 e. The maximum Gasteiger partial charge on any atom is 0.336 e. The van der Waals surface area contributed by atoms with E-state index in [0.29, 0.717) is 12.8 Å². The molecule has 1 aliphatic heterocycles. The van der Waals surface area contributed by atoms with Crippen molar-refractivity contribution in [1.82, 2.24) is 0 Å². The van der Waals surface area contributed by atoms with E-state index in [4.69, 9.17) is 11.6 Å². The van der Waals surface area contributed by atoms with Gasteiger partial charge in [-0.15, -0.1) is 0 Å². The Bertz CT molecular complexity index is 1060. The van der Waals surface area contributed by atoms with Crippen LogP contribution in [0, 0.1) is 11.8 Å². The highest BCUT2D eigenvalue weighted by Crippen LogP contribution is 2.40. The minimum absolute atomic E-state index is 0.0187. The minimum Gasteiger partial charge on any atom is -0.478 e. The summed E-state index contributed by atoms with van der Waals surface area (Å²) in [5.41, 5.74) is 0.186. The van der Waals surface area contributed by atoms with Gasteiger partial charge in [-0.05, 0) is 37.1 Å². The molecule has 146 valence electrons. The number of fused-ring (bicyclic) bond motifs is 1. The number of carboxylic acids is 1. The van der Waals surface area contributed by atoms with Gasteiger partial charge in [-0.1, -0.05) is 42.0 Å². The number of amides is 2. The van der Waals surface area contributed by atoms with Gasteiger partial charge in [0, 0.05) is 11.1 Å². The molecular formula is C22H16ClNO5. The van der Waals surface area contributed by atoms with Crippen LogP contribution in [0.25, 0.3) is 0 Å². The number of carbonyl (C=O) groups excluding carboxylic acids is 3. The van der Waals surface area contributed by atoms with Gasteiger partial charge in [0.1, 0.15) is 0 Å². The fraction of sp³-hybridized carbons (Fsp3) is 0.182. The molecule has 2 amide bonds. The fourth-order valence-electron chi connectivity index (χ4n) is 3.89. The Kier molecular flexibility index (Phi) is 4.80. The van der Waals surface area contributed by atoms with Crippen molar-refractivity contribution in [3.05, 3.63) is 76.3 Å². The number of allylic oxidation sites excluding steroid dienone is 2. The number of aromatic carboxylic acids is 1. The first-order valence-electron chi connectivity index (χ1n) is 9.09. The Balaban J connectivity index is 1.75. The lowest BCUT2D eigenvalue weighted by Gasteiger charge is -2.17. The lowest BCUT2D eigenvalue weighted by molar-refractivity contribution is -0.122. The van der Waals surface area contributed by atoms with E-state index in [9.17, 15) is 24.3 Å². The van der Waals surface area contributed by atoms with Crippen LogP contribution in [-0.2, 0) is 9.59 Å². The maximum absolute atomic E-state index is 13.0. The van der Waals surface area contributed by atoms with Gasteiger partial charge in [0.25, 0.3) is 0 Å². The van der Waals surface area contributed by atoms with Crippen LogP contribution in [0.3, 0.4) is 0 Å². The summed E-state index contributed by atoms with van der Waals surface area (Å²) in [6.07, 6.45) is 4.77. The summed E-state index contributed by atoms with van der Waals surface area (Å²) >= 11 is 6.27. The molecule has 4 rings (SSSR count). The van der Waals surface area contributed by atoms with Gasteiger partial charge in [0.2, 0.25) is 11.8 Å². The van der Waals surface area contributed by atoms with Gasteiger partial charge in [0.15, 0.2) is 5.78 Å². The predicted octanol–water partition coefficient (Wildman–Crippen LogP) is 3.72. The first-order valence-corrected chi connectivity index (χ1v) is 9.47. The zero-order chi connectivity index (χ0) is 20.7. The molecular weight excluding hydrogens is 394 g/mol. The van der Waals surface area contributed by atoms with Gasteiger partial charge in [-0.25, -0.2) is 9.69 Å². The summed E-state index contributed by atoms with van der Waals surface area (Å²) in [6, 6.07) is 10.1. The Hall–Kier alpha value is -3.25. The summed E-state index contributed by atoms with van der Waals surface area (Å²) in [5, 5.41) is 9.51. The molecule has 2 atom stereocenters. The molecule has 2 aliphatic rings. The molecule has 2 aromatic rings. The van der Waals surface area contributed by atoms with Crippen LogP contribution in [-0.4, -0.2) is 28.7 Å². The Morgan fingerprint density at radius 2 is 1.52 bits per heavy atom. The van der Waals surface area contributed by atoms with Crippen LogP contribution < -0.4 is 4.90 Å². The van der Waals surface area contributed by atoms with Crippen LogP contribution in [0.4, 0.5) is 5.69 Å². The molecule has 7 heteroatoms. The number of rotatable bonds is 4. The fourth-order valence-corrected chi connectivity index (χ4v) is 4.09. The zero-order valence-corrected chi connectivity index (χ0v) is 15.9. The van der Waals surface area contributed by atoms with Crippen molar-refractivity contribution in [2.45, 2.75) is 12.8 Å². The second-order valence-corrected chi connectivity index (χ2v) is 7.42. The monoisotopic (exact) mass is 409 g/mol. The lowest BCUT2D eigenvalue weighted by atomic mass is 9.85. The molecule has 0 bridgehead atoms. The van der Waals surface area contributed by atoms with E-state index in [1.165, 1.54) is 36.4 Å². The van der Waals surface area contributed by atoms with Gasteiger partial charge >= 0.3 is 5.97 Å². The number of hydrogen-bond donors (Lipinski definition) is 1. The molecule has 0 aromatic heterocycles. The minimum atomic E-state index is -1.22. The van der Waals surface area contributed by atoms with Crippen molar-refractivity contribution in [3.8, 4) is 0 Å². The highest BCUT2D eigenvalue weighted by molar-refractivity contribution is 6.36. The van der Waals surface area contributed by atoms with E-state index in [1.807, 2.05) is 12.2 Å². The molecule has 1 N–H and O–H groups in total. The zero-order valence-electron chi connectivity index (χ0n) is 15.2. The van der Waals surface area contributed by atoms with E-state index in [0.717, 1.165) is 4.90 Å². The van der Waals surface area contributed by atoms with Crippen LogP contribution in [0.2, 0.25) is 5.02 Å². The first kappa shape index (κ1) is 19.1. The van der Waals surface area contributed by atoms with Crippen molar-refractivity contribution in [2.24, 2.45) is 11.8 Å². The molecule has 0 unspecified atom stereocenters. The number of halogens is 1. The normalized spacial score (nSPS) is 20.7. The van der Waals surface area contributed by atoms with Crippen molar-refractivity contribution in [3.63, 3.8) is 0 Å². The van der Waals surface area contributed by atoms with E-state index >= 15 is 0 Å². The molecule has 2 aromatic carbocycles. The molecule has 6 nitrogen and oxygen atoms in total. The lowest BCUT2D eigenvalue weighted by Crippen LogP contribution is -2.31. The number of anilines is 1. The predicted molar refractivity (Wildman–Crippen MR) is 106 cm³/mol. The van der Waals surface area contributed by atoms with Gasteiger partial charge in [-0.3, -0.25) is 14.4 Å². The topological polar surface area (TPSA) is 91.8 Å². The second-order valence-electron chi connectivity index (χ2n) is 7.01. The van der Waals surface area contributed by atoms with E-state index < -0.39 is 23.6 Å². The van der Waals surface area contributed by atoms with Crippen LogP contribution >= 0.6 is 11.6 Å². The summed E-state index contributed by atoms with van der Waals surface area (Å²) in [5.74, 6) is -3.25. The molecule has 0 saturated carbocycles. The number of carbonyl (C=O) groups is 4. The van der Waals surface area contributed by atoms with Crippen molar-refractivity contribution in [2.75, 3.05) is 4.90 Å². The average Bonchev–Trinajstić information content (AvgIpc) is 2.98. The molecule has 1 fully saturated rings. The van der Waals surface area contributed by atoms with E-state index in [2.05, 4.69) is 0 Å². The molecule has 1 heterocycles. The maximum atomic E-state index is 13.0. The third-order valence-corrected chi connectivity index (χ3v) is 5.68. The second kappa shape index (κ2) is 7.29. The highest BCUT2D eigenvalue weighted by Gasteiger charge is 2.48. The summed E-state index contributed by atoms with van der Waals surface area (Å²) in [6.45, 7) is 0. The number of hydrogen-bond acceptors (Lipinski definition) is 4. The Morgan fingerprint density at radius 3 is 2.10 bits per heavy atom. The van der Waals surface area contributed by atoms with Crippen LogP contribution in [0.5, 0.6) is 0 Å². The third-order valence-electron chi connectivity index (χ3n) is 5.36. The quantitative estimate of drug-likeness (QED) is 0.472. The molecule has 0 spiro atoms.